The van der Waals surface area contributed by atoms with Gasteiger partial charge < -0.3 is 15.3 Å². The third-order valence-electron chi connectivity index (χ3n) is 9.55. The molecule has 2 aliphatic heterocycles. The maximum absolute atomic E-state index is 6.96. The molecule has 0 spiro atoms. The zero-order valence-corrected chi connectivity index (χ0v) is 27.5. The number of aryl methyl sites for hydroxylation is 1. The highest BCUT2D eigenvalue weighted by molar-refractivity contribution is 6.01. The number of benzene rings is 4. The Kier molecular flexibility index (Phi) is 7.10. The van der Waals surface area contributed by atoms with Crippen molar-refractivity contribution in [3.8, 4) is 44.5 Å². The lowest BCUT2D eigenvalue weighted by Crippen LogP contribution is -1.97. The van der Waals surface area contributed by atoms with E-state index in [1.165, 1.54) is 0 Å². The van der Waals surface area contributed by atoms with Crippen LogP contribution < -0.4 is 5.73 Å². The number of nitrogens with one attached hydrogen (secondary N) is 1. The molecule has 7 aromatic rings. The SMILES string of the molecule is Cn1c2ccc1c(-c1ccccc1)c1nc(c(-c3ccccc3)c3ccc([nH]3)c(-c3ccccc3)c3nc(c2-c2ccccc2)C=C3)C(N)=C1. The summed E-state index contributed by atoms with van der Waals surface area (Å²) in [5.74, 6) is 0. The molecule has 8 bridgehead atoms. The van der Waals surface area contributed by atoms with Crippen LogP contribution in [0.15, 0.2) is 146 Å². The van der Waals surface area contributed by atoms with Crippen molar-refractivity contribution in [3.63, 3.8) is 0 Å². The Balaban J connectivity index is 1.53. The fourth-order valence-electron chi connectivity index (χ4n) is 7.24. The lowest BCUT2D eigenvalue weighted by atomic mass is 10.0. The monoisotopic (exact) mass is 643 g/mol. The first-order valence-corrected chi connectivity index (χ1v) is 16.8. The fourth-order valence-corrected chi connectivity index (χ4v) is 7.24. The highest BCUT2D eigenvalue weighted by atomic mass is 14.9. The number of rotatable bonds is 4. The zero-order valence-electron chi connectivity index (χ0n) is 27.5. The lowest BCUT2D eigenvalue weighted by molar-refractivity contribution is 1.01. The van der Waals surface area contributed by atoms with Gasteiger partial charge in [0.1, 0.15) is 0 Å². The minimum Gasteiger partial charge on any atom is -0.397 e. The van der Waals surface area contributed by atoms with Crippen molar-refractivity contribution in [2.75, 3.05) is 0 Å². The van der Waals surface area contributed by atoms with Gasteiger partial charge in [0.05, 0.1) is 39.5 Å². The van der Waals surface area contributed by atoms with Crippen LogP contribution in [0.2, 0.25) is 0 Å². The molecule has 3 N–H and O–H groups in total. The Morgan fingerprint density at radius 2 is 0.880 bits per heavy atom. The van der Waals surface area contributed by atoms with Gasteiger partial charge in [-0.2, -0.15) is 0 Å². The largest absolute Gasteiger partial charge is 0.397 e. The van der Waals surface area contributed by atoms with Crippen molar-refractivity contribution in [1.29, 1.82) is 0 Å². The summed E-state index contributed by atoms with van der Waals surface area (Å²) < 4.78 is 2.26. The summed E-state index contributed by atoms with van der Waals surface area (Å²) in [6, 6.07) is 50.4. The van der Waals surface area contributed by atoms with Crippen LogP contribution in [0.4, 0.5) is 0 Å². The van der Waals surface area contributed by atoms with Crippen LogP contribution in [0.3, 0.4) is 0 Å². The van der Waals surface area contributed by atoms with Crippen molar-refractivity contribution in [1.82, 2.24) is 19.5 Å². The van der Waals surface area contributed by atoms with E-state index in [0.29, 0.717) is 5.70 Å². The molecular weight excluding hydrogens is 611 g/mol. The van der Waals surface area contributed by atoms with Gasteiger partial charge in [-0.1, -0.05) is 121 Å². The van der Waals surface area contributed by atoms with Gasteiger partial charge in [0.25, 0.3) is 0 Å². The summed E-state index contributed by atoms with van der Waals surface area (Å²) in [5.41, 5.74) is 23.2. The second-order valence-corrected chi connectivity index (χ2v) is 12.6. The van der Waals surface area contributed by atoms with Gasteiger partial charge in [-0.25, -0.2) is 9.97 Å². The zero-order chi connectivity index (χ0) is 33.6. The summed E-state index contributed by atoms with van der Waals surface area (Å²) in [5, 5.41) is 0. The van der Waals surface area contributed by atoms with Gasteiger partial charge in [-0.05, 0) is 64.7 Å². The van der Waals surface area contributed by atoms with Crippen molar-refractivity contribution in [3.05, 3.63) is 168 Å². The molecule has 0 aliphatic carbocycles. The van der Waals surface area contributed by atoms with Crippen LogP contribution in [-0.2, 0) is 7.05 Å². The average Bonchev–Trinajstić information content (AvgIpc) is 3.98. The second-order valence-electron chi connectivity index (χ2n) is 12.6. The van der Waals surface area contributed by atoms with Gasteiger partial charge >= 0.3 is 0 Å². The standard InChI is InChI=1S/C45H33N5/c1-50-39-26-27-40(50)43(31-18-10-4-11-19-31)38-28-33(46)45(49-38)44(32-20-12-5-13-21-32)37-25-23-35(48-37)41(29-14-6-2-7-15-29)34-22-24-36(47-34)42(39)30-16-8-3-9-17-30/h2-28,48H,46H2,1H3. The smallest absolute Gasteiger partial charge is 0.0966 e. The number of hydrogen-bond acceptors (Lipinski definition) is 3. The molecule has 2 aliphatic rings. The van der Waals surface area contributed by atoms with E-state index in [2.05, 4.69) is 156 Å². The molecule has 5 heterocycles. The average molecular weight is 644 g/mol. The first kappa shape index (κ1) is 29.4. The first-order valence-electron chi connectivity index (χ1n) is 16.8. The molecule has 0 fully saturated rings. The molecule has 3 aromatic heterocycles. The van der Waals surface area contributed by atoms with Crippen LogP contribution in [0.25, 0.3) is 90.5 Å². The Bertz CT molecular complexity index is 2630. The Hall–Kier alpha value is -6.72. The highest BCUT2D eigenvalue weighted by Gasteiger charge is 2.21. The summed E-state index contributed by atoms with van der Waals surface area (Å²) in [6.07, 6.45) is 6.29. The fraction of sp³-hybridized carbons (Fsp3) is 0.0222. The molecule has 0 atom stereocenters. The molecule has 0 saturated heterocycles. The summed E-state index contributed by atoms with van der Waals surface area (Å²) >= 11 is 0. The normalized spacial score (nSPS) is 12.2. The van der Waals surface area contributed by atoms with E-state index in [1.54, 1.807) is 0 Å². The number of nitrogens with zero attached hydrogens (tertiary/aromatic N) is 3. The van der Waals surface area contributed by atoms with Crippen LogP contribution in [0, 0.1) is 0 Å². The topological polar surface area (TPSA) is 72.5 Å². The van der Waals surface area contributed by atoms with Gasteiger partial charge in [0.15, 0.2) is 0 Å². The van der Waals surface area contributed by atoms with Gasteiger partial charge in [0, 0.05) is 40.3 Å². The molecular formula is C45H33N5. The van der Waals surface area contributed by atoms with Gasteiger partial charge in [-0.15, -0.1) is 0 Å². The number of H-pyrrole nitrogens is 1. The summed E-state index contributed by atoms with van der Waals surface area (Å²) in [6.45, 7) is 0. The second kappa shape index (κ2) is 12.1. The van der Waals surface area contributed by atoms with Crippen molar-refractivity contribution < 1.29 is 0 Å². The minimum atomic E-state index is 0.618. The minimum absolute atomic E-state index is 0.618. The van der Waals surface area contributed by atoms with Crippen LogP contribution in [0.5, 0.6) is 0 Å². The maximum atomic E-state index is 6.96. The van der Waals surface area contributed by atoms with E-state index in [-0.39, 0.29) is 0 Å². The van der Waals surface area contributed by atoms with E-state index in [0.717, 1.165) is 89.4 Å². The maximum Gasteiger partial charge on any atom is 0.0966 e. The lowest BCUT2D eigenvalue weighted by Gasteiger charge is -2.10. The summed E-state index contributed by atoms with van der Waals surface area (Å²) in [4.78, 5) is 14.5. The van der Waals surface area contributed by atoms with E-state index in [4.69, 9.17) is 15.7 Å². The third-order valence-corrected chi connectivity index (χ3v) is 9.55. The quantitative estimate of drug-likeness (QED) is 0.200. The number of hydrogen-bond donors (Lipinski definition) is 2. The molecule has 0 unspecified atom stereocenters. The third kappa shape index (κ3) is 4.95. The molecule has 0 saturated carbocycles. The first-order chi connectivity index (χ1) is 24.6. The molecule has 5 nitrogen and oxygen atoms in total. The predicted octanol–water partition coefficient (Wildman–Crippen LogP) is 10.6. The number of aromatic amines is 1. The molecule has 0 amide bonds. The molecule has 4 aromatic carbocycles. The Morgan fingerprint density at radius 1 is 0.460 bits per heavy atom. The molecule has 5 heteroatoms. The molecule has 238 valence electrons. The number of nitrogens with two attached hydrogens (primary N) is 1. The highest BCUT2D eigenvalue weighted by Crippen LogP contribution is 2.39. The Morgan fingerprint density at radius 3 is 1.40 bits per heavy atom. The molecule has 0 radical (unpaired) electrons. The predicted molar refractivity (Wildman–Crippen MR) is 208 cm³/mol. The van der Waals surface area contributed by atoms with Gasteiger partial charge in [-0.3, -0.25) is 0 Å². The number of fused-ring (bicyclic) bond motifs is 8. The van der Waals surface area contributed by atoms with E-state index < -0.39 is 0 Å². The van der Waals surface area contributed by atoms with E-state index in [1.807, 2.05) is 24.3 Å². The van der Waals surface area contributed by atoms with Crippen LogP contribution in [0.1, 0.15) is 22.8 Å². The van der Waals surface area contributed by atoms with Crippen LogP contribution >= 0.6 is 0 Å². The van der Waals surface area contributed by atoms with Crippen molar-refractivity contribution >= 4 is 46.0 Å². The molecule has 50 heavy (non-hydrogen) atoms. The molecule has 9 rings (SSSR count). The van der Waals surface area contributed by atoms with Gasteiger partial charge in [0.2, 0.25) is 0 Å². The van der Waals surface area contributed by atoms with E-state index in [9.17, 15) is 0 Å². The van der Waals surface area contributed by atoms with Crippen molar-refractivity contribution in [2.24, 2.45) is 12.8 Å². The number of aromatic nitrogens is 4. The van der Waals surface area contributed by atoms with E-state index >= 15 is 0 Å². The van der Waals surface area contributed by atoms with Crippen LogP contribution in [-0.4, -0.2) is 19.5 Å². The Labute approximate surface area is 290 Å². The summed E-state index contributed by atoms with van der Waals surface area (Å²) in [7, 11) is 2.12. The van der Waals surface area contributed by atoms with Crippen molar-refractivity contribution in [2.45, 2.75) is 0 Å².